The SMILES string of the molecule is CCN(/N=C/c1ccc(C(=O)NO)cc1)C(=O)c1ccc(N2CCOCC2)cc1. The fraction of sp³-hybridized carbons (Fsp3) is 0.286. The summed E-state index contributed by atoms with van der Waals surface area (Å²) in [5, 5.41) is 14.3. The number of carbonyl (C=O) groups is 2. The van der Waals surface area contributed by atoms with Crippen LogP contribution in [0, 0.1) is 0 Å². The number of rotatable bonds is 6. The normalized spacial score (nSPS) is 14.1. The standard InChI is InChI=1S/C21H24N4O4/c1-2-25(22-15-16-3-5-17(6-4-16)20(26)23-28)21(27)18-7-9-19(10-8-18)24-11-13-29-14-12-24/h3-10,15,28H,2,11-14H2,1H3,(H,23,26)/b22-15+. The summed E-state index contributed by atoms with van der Waals surface area (Å²) in [6, 6.07) is 14.0. The predicted molar refractivity (Wildman–Crippen MR) is 109 cm³/mol. The molecule has 1 aliphatic rings. The molecule has 2 N–H and O–H groups in total. The average molecular weight is 396 g/mol. The number of nitrogens with one attached hydrogen (secondary N) is 1. The van der Waals surface area contributed by atoms with Gasteiger partial charge in [0.2, 0.25) is 0 Å². The van der Waals surface area contributed by atoms with Gasteiger partial charge in [-0.25, -0.2) is 10.5 Å². The number of hydrazone groups is 1. The third-order valence-corrected chi connectivity index (χ3v) is 4.65. The zero-order valence-corrected chi connectivity index (χ0v) is 16.2. The summed E-state index contributed by atoms with van der Waals surface area (Å²) in [4.78, 5) is 26.3. The van der Waals surface area contributed by atoms with Gasteiger partial charge in [-0.2, -0.15) is 5.10 Å². The molecule has 0 unspecified atom stereocenters. The van der Waals surface area contributed by atoms with Crippen LogP contribution in [0.2, 0.25) is 0 Å². The summed E-state index contributed by atoms with van der Waals surface area (Å²) >= 11 is 0. The van der Waals surface area contributed by atoms with Crippen molar-refractivity contribution < 1.29 is 19.5 Å². The molecule has 2 aromatic carbocycles. The molecule has 1 heterocycles. The van der Waals surface area contributed by atoms with Gasteiger partial charge in [-0.05, 0) is 48.9 Å². The largest absolute Gasteiger partial charge is 0.378 e. The highest BCUT2D eigenvalue weighted by atomic mass is 16.5. The molecule has 0 radical (unpaired) electrons. The first-order chi connectivity index (χ1) is 14.1. The quantitative estimate of drug-likeness (QED) is 0.443. The van der Waals surface area contributed by atoms with E-state index in [9.17, 15) is 9.59 Å². The van der Waals surface area contributed by atoms with E-state index in [2.05, 4.69) is 10.0 Å². The molecular formula is C21H24N4O4. The van der Waals surface area contributed by atoms with Gasteiger partial charge >= 0.3 is 0 Å². The van der Waals surface area contributed by atoms with E-state index in [0.717, 1.165) is 24.3 Å². The lowest BCUT2D eigenvalue weighted by molar-refractivity contribution is 0.0706. The molecule has 1 fully saturated rings. The number of nitrogens with zero attached hydrogens (tertiary/aromatic N) is 3. The smallest absolute Gasteiger partial charge is 0.274 e. The van der Waals surface area contributed by atoms with E-state index in [0.29, 0.717) is 30.9 Å². The highest BCUT2D eigenvalue weighted by Gasteiger charge is 2.15. The highest BCUT2D eigenvalue weighted by molar-refractivity contribution is 5.96. The lowest BCUT2D eigenvalue weighted by atomic mass is 10.1. The zero-order chi connectivity index (χ0) is 20.6. The van der Waals surface area contributed by atoms with E-state index in [1.54, 1.807) is 36.0 Å². The maximum Gasteiger partial charge on any atom is 0.274 e. The van der Waals surface area contributed by atoms with Crippen molar-refractivity contribution in [1.82, 2.24) is 10.5 Å². The number of hydrogen-bond acceptors (Lipinski definition) is 6. The lowest BCUT2D eigenvalue weighted by Gasteiger charge is -2.29. The number of hydrogen-bond donors (Lipinski definition) is 2. The van der Waals surface area contributed by atoms with Gasteiger partial charge in [0.25, 0.3) is 11.8 Å². The first-order valence-electron chi connectivity index (χ1n) is 9.45. The summed E-state index contributed by atoms with van der Waals surface area (Å²) in [5.74, 6) is -0.770. The van der Waals surface area contributed by atoms with Crippen LogP contribution >= 0.6 is 0 Å². The Hall–Kier alpha value is -3.23. The molecule has 0 aliphatic carbocycles. The van der Waals surface area contributed by atoms with E-state index in [-0.39, 0.29) is 5.91 Å². The molecule has 0 saturated carbocycles. The molecule has 8 nitrogen and oxygen atoms in total. The van der Waals surface area contributed by atoms with Gasteiger partial charge in [-0.15, -0.1) is 0 Å². The second-order valence-corrected chi connectivity index (χ2v) is 6.47. The van der Waals surface area contributed by atoms with Crippen LogP contribution in [0.5, 0.6) is 0 Å². The van der Waals surface area contributed by atoms with Gasteiger partial charge in [-0.1, -0.05) is 12.1 Å². The van der Waals surface area contributed by atoms with E-state index in [1.807, 2.05) is 31.2 Å². The molecule has 0 atom stereocenters. The van der Waals surface area contributed by atoms with Crippen molar-refractivity contribution in [2.75, 3.05) is 37.7 Å². The van der Waals surface area contributed by atoms with Crippen molar-refractivity contribution in [3.8, 4) is 0 Å². The predicted octanol–water partition coefficient (Wildman–Crippen LogP) is 2.14. The Morgan fingerprint density at radius 1 is 1.10 bits per heavy atom. The van der Waals surface area contributed by atoms with Crippen molar-refractivity contribution in [1.29, 1.82) is 0 Å². The van der Waals surface area contributed by atoms with Crippen molar-refractivity contribution in [2.24, 2.45) is 5.10 Å². The second kappa shape index (κ2) is 9.81. The number of ether oxygens (including phenoxy) is 1. The lowest BCUT2D eigenvalue weighted by Crippen LogP contribution is -2.36. The van der Waals surface area contributed by atoms with Crippen LogP contribution in [0.25, 0.3) is 0 Å². The number of morpholine rings is 1. The average Bonchev–Trinajstić information content (AvgIpc) is 2.80. The molecule has 2 aromatic rings. The summed E-state index contributed by atoms with van der Waals surface area (Å²) < 4.78 is 5.37. The number of anilines is 1. The maximum absolute atomic E-state index is 12.8. The number of hydroxylamine groups is 1. The molecule has 0 bridgehead atoms. The van der Waals surface area contributed by atoms with Crippen LogP contribution in [0.1, 0.15) is 33.2 Å². The Balaban J connectivity index is 1.66. The minimum Gasteiger partial charge on any atom is -0.378 e. The Kier molecular flexibility index (Phi) is 6.94. The number of amides is 2. The fourth-order valence-electron chi connectivity index (χ4n) is 2.98. The highest BCUT2D eigenvalue weighted by Crippen LogP contribution is 2.17. The van der Waals surface area contributed by atoms with Gasteiger partial charge < -0.3 is 9.64 Å². The third kappa shape index (κ3) is 5.18. The van der Waals surface area contributed by atoms with Crippen molar-refractivity contribution in [3.63, 3.8) is 0 Å². The molecule has 29 heavy (non-hydrogen) atoms. The first kappa shape index (κ1) is 20.5. The third-order valence-electron chi connectivity index (χ3n) is 4.65. The number of benzene rings is 2. The van der Waals surface area contributed by atoms with Crippen LogP contribution < -0.4 is 10.4 Å². The first-order valence-corrected chi connectivity index (χ1v) is 9.45. The van der Waals surface area contributed by atoms with Crippen LogP contribution in [-0.2, 0) is 4.74 Å². The minimum atomic E-state index is -0.584. The summed E-state index contributed by atoms with van der Waals surface area (Å²) in [5.41, 5.74) is 4.28. The molecule has 1 saturated heterocycles. The van der Waals surface area contributed by atoms with E-state index < -0.39 is 5.91 Å². The van der Waals surface area contributed by atoms with Gasteiger partial charge in [-0.3, -0.25) is 14.8 Å². The van der Waals surface area contributed by atoms with E-state index in [4.69, 9.17) is 9.94 Å². The monoisotopic (exact) mass is 396 g/mol. The van der Waals surface area contributed by atoms with Crippen LogP contribution in [0.15, 0.2) is 53.6 Å². The fourth-order valence-corrected chi connectivity index (χ4v) is 2.98. The Labute approximate surface area is 169 Å². The second-order valence-electron chi connectivity index (χ2n) is 6.47. The van der Waals surface area contributed by atoms with Gasteiger partial charge in [0, 0.05) is 36.4 Å². The van der Waals surface area contributed by atoms with Crippen molar-refractivity contribution in [3.05, 3.63) is 65.2 Å². The number of carbonyl (C=O) groups excluding carboxylic acids is 2. The Morgan fingerprint density at radius 3 is 2.31 bits per heavy atom. The van der Waals surface area contributed by atoms with Crippen LogP contribution in [0.3, 0.4) is 0 Å². The maximum atomic E-state index is 12.8. The van der Waals surface area contributed by atoms with Crippen LogP contribution in [0.4, 0.5) is 5.69 Å². The summed E-state index contributed by atoms with van der Waals surface area (Å²) in [6.07, 6.45) is 1.56. The molecule has 0 spiro atoms. The van der Waals surface area contributed by atoms with Crippen molar-refractivity contribution in [2.45, 2.75) is 6.92 Å². The van der Waals surface area contributed by atoms with Gasteiger partial charge in [0.15, 0.2) is 0 Å². The van der Waals surface area contributed by atoms with Crippen molar-refractivity contribution >= 4 is 23.7 Å². The Morgan fingerprint density at radius 2 is 1.72 bits per heavy atom. The summed E-state index contributed by atoms with van der Waals surface area (Å²) in [7, 11) is 0. The molecule has 3 rings (SSSR count). The van der Waals surface area contributed by atoms with Crippen LogP contribution in [-0.4, -0.2) is 61.1 Å². The molecule has 0 aromatic heterocycles. The summed E-state index contributed by atoms with van der Waals surface area (Å²) in [6.45, 7) is 5.39. The molecule has 2 amide bonds. The van der Waals surface area contributed by atoms with E-state index >= 15 is 0 Å². The minimum absolute atomic E-state index is 0.187. The molecule has 1 aliphatic heterocycles. The topological polar surface area (TPSA) is 94.5 Å². The van der Waals surface area contributed by atoms with Gasteiger partial charge in [0.05, 0.1) is 19.4 Å². The zero-order valence-electron chi connectivity index (χ0n) is 16.2. The van der Waals surface area contributed by atoms with E-state index in [1.165, 1.54) is 5.01 Å². The molecular weight excluding hydrogens is 372 g/mol. The molecule has 8 heteroatoms. The molecule has 152 valence electrons. The van der Waals surface area contributed by atoms with Gasteiger partial charge in [0.1, 0.15) is 0 Å². The Bertz CT molecular complexity index is 859.